The number of nitro benzene ring substituents is 1. The van der Waals surface area contributed by atoms with E-state index in [0.717, 1.165) is 25.7 Å². The van der Waals surface area contributed by atoms with Crippen LogP contribution in [0.3, 0.4) is 0 Å². The van der Waals surface area contributed by atoms with Crippen LogP contribution in [0.2, 0.25) is 0 Å². The molecule has 0 unspecified atom stereocenters. The quantitative estimate of drug-likeness (QED) is 0.200. The van der Waals surface area contributed by atoms with Crippen molar-refractivity contribution >= 4 is 16.6 Å². The van der Waals surface area contributed by atoms with E-state index in [9.17, 15) is 14.9 Å². The predicted molar refractivity (Wildman–Crippen MR) is 133 cm³/mol. The van der Waals surface area contributed by atoms with Crippen molar-refractivity contribution < 1.29 is 14.4 Å². The SMILES string of the molecule is C=CCOc1c(OC/C=C(\C)CCC=C(C)C)c2ccc([N+](=O)[O-])cc2n(CCCC)c1=O. The maximum Gasteiger partial charge on any atom is 0.297 e. The number of nitrogens with zero attached hydrogens (tertiary/aromatic N) is 2. The van der Waals surface area contributed by atoms with Crippen LogP contribution in [0, 0.1) is 10.1 Å². The summed E-state index contributed by atoms with van der Waals surface area (Å²) < 4.78 is 13.3. The molecular formula is C26H34N2O5. The van der Waals surface area contributed by atoms with E-state index in [0.29, 0.717) is 23.2 Å². The maximum atomic E-state index is 13.3. The molecule has 1 heterocycles. The molecule has 2 rings (SSSR count). The number of unbranched alkanes of at least 4 members (excludes halogenated alkanes) is 1. The Hall–Kier alpha value is -3.35. The van der Waals surface area contributed by atoms with Crippen LogP contribution < -0.4 is 15.0 Å². The summed E-state index contributed by atoms with van der Waals surface area (Å²) in [6.07, 6.45) is 9.24. The molecule has 0 spiro atoms. The Balaban J connectivity index is 2.53. The van der Waals surface area contributed by atoms with Crippen molar-refractivity contribution in [3.8, 4) is 11.5 Å². The van der Waals surface area contributed by atoms with Gasteiger partial charge in [0.05, 0.1) is 10.4 Å². The molecule has 178 valence electrons. The lowest BCUT2D eigenvalue weighted by Gasteiger charge is -2.18. The first-order chi connectivity index (χ1) is 15.8. The summed E-state index contributed by atoms with van der Waals surface area (Å²) >= 11 is 0. The molecule has 0 N–H and O–H groups in total. The highest BCUT2D eigenvalue weighted by atomic mass is 16.6. The molecular weight excluding hydrogens is 420 g/mol. The number of hydrogen-bond donors (Lipinski definition) is 0. The lowest BCUT2D eigenvalue weighted by molar-refractivity contribution is -0.384. The van der Waals surface area contributed by atoms with E-state index >= 15 is 0 Å². The van der Waals surface area contributed by atoms with E-state index in [2.05, 4.69) is 26.5 Å². The molecule has 0 radical (unpaired) electrons. The predicted octanol–water partition coefficient (Wildman–Crippen LogP) is 6.35. The first-order valence-corrected chi connectivity index (χ1v) is 11.3. The minimum absolute atomic E-state index is 0.0760. The third-order valence-electron chi connectivity index (χ3n) is 5.20. The second kappa shape index (κ2) is 12.6. The van der Waals surface area contributed by atoms with Crippen LogP contribution in [0.4, 0.5) is 5.69 Å². The Morgan fingerprint density at radius 3 is 2.52 bits per heavy atom. The Kier molecular flexibility index (Phi) is 9.91. The molecule has 0 bridgehead atoms. The molecule has 2 aromatic rings. The van der Waals surface area contributed by atoms with Crippen LogP contribution in [-0.2, 0) is 6.54 Å². The first kappa shape index (κ1) is 25.9. The van der Waals surface area contributed by atoms with Gasteiger partial charge in [-0.2, -0.15) is 0 Å². The highest BCUT2D eigenvalue weighted by molar-refractivity contribution is 5.89. The number of allylic oxidation sites excluding steroid dienone is 3. The molecule has 0 aliphatic rings. The summed E-state index contributed by atoms with van der Waals surface area (Å²) in [5.41, 5.74) is 2.49. The molecule has 1 aromatic heterocycles. The van der Waals surface area contributed by atoms with Crippen molar-refractivity contribution in [2.75, 3.05) is 13.2 Å². The third-order valence-corrected chi connectivity index (χ3v) is 5.20. The number of benzene rings is 1. The zero-order chi connectivity index (χ0) is 24.4. The number of hydrogen-bond acceptors (Lipinski definition) is 5. The Bertz CT molecular complexity index is 1110. The maximum absolute atomic E-state index is 13.3. The van der Waals surface area contributed by atoms with E-state index in [-0.39, 0.29) is 30.2 Å². The average Bonchev–Trinajstić information content (AvgIpc) is 2.77. The molecule has 0 saturated heterocycles. The topological polar surface area (TPSA) is 83.6 Å². The number of fused-ring (bicyclic) bond motifs is 1. The molecule has 0 atom stereocenters. The minimum Gasteiger partial charge on any atom is -0.485 e. The number of nitro groups is 1. The van der Waals surface area contributed by atoms with Crippen LogP contribution in [0.1, 0.15) is 53.4 Å². The second-order valence-electron chi connectivity index (χ2n) is 8.21. The van der Waals surface area contributed by atoms with E-state index in [4.69, 9.17) is 9.47 Å². The summed E-state index contributed by atoms with van der Waals surface area (Å²) in [6.45, 7) is 12.7. The van der Waals surface area contributed by atoms with Crippen LogP contribution in [0.25, 0.3) is 10.9 Å². The van der Waals surface area contributed by atoms with Crippen molar-refractivity contribution in [1.82, 2.24) is 4.57 Å². The summed E-state index contributed by atoms with van der Waals surface area (Å²) in [7, 11) is 0. The monoisotopic (exact) mass is 454 g/mol. The van der Waals surface area contributed by atoms with Gasteiger partial charge in [0.2, 0.25) is 5.75 Å². The zero-order valence-corrected chi connectivity index (χ0v) is 20.1. The Morgan fingerprint density at radius 2 is 1.88 bits per heavy atom. The van der Waals surface area contributed by atoms with E-state index in [1.54, 1.807) is 12.1 Å². The minimum atomic E-state index is -0.463. The fourth-order valence-electron chi connectivity index (χ4n) is 3.41. The van der Waals surface area contributed by atoms with Crippen LogP contribution in [0.5, 0.6) is 11.5 Å². The van der Waals surface area contributed by atoms with Gasteiger partial charge in [-0.05, 0) is 52.2 Å². The molecule has 0 aliphatic heterocycles. The van der Waals surface area contributed by atoms with Gasteiger partial charge in [-0.15, -0.1) is 0 Å². The lowest BCUT2D eigenvalue weighted by atomic mass is 10.1. The van der Waals surface area contributed by atoms with Gasteiger partial charge < -0.3 is 14.0 Å². The summed E-state index contributed by atoms with van der Waals surface area (Å²) in [5, 5.41) is 12.0. The molecule has 0 fully saturated rings. The molecule has 7 heteroatoms. The number of ether oxygens (including phenoxy) is 2. The standard InChI is InChI=1S/C26H34N2O5/c1-6-8-15-27-23-18-21(28(30)31)12-13-22(23)24(25(26(27)29)32-16-7-2)33-17-14-20(5)11-9-10-19(3)4/h7,10,12-14,18H,2,6,8-9,11,15-17H2,1,3-5H3/b20-14+. The highest BCUT2D eigenvalue weighted by Crippen LogP contribution is 2.35. The van der Waals surface area contributed by atoms with Gasteiger partial charge in [-0.25, -0.2) is 0 Å². The van der Waals surface area contributed by atoms with E-state index < -0.39 is 4.92 Å². The van der Waals surface area contributed by atoms with Gasteiger partial charge in [-0.3, -0.25) is 14.9 Å². The van der Waals surface area contributed by atoms with Gasteiger partial charge >= 0.3 is 0 Å². The first-order valence-electron chi connectivity index (χ1n) is 11.3. The average molecular weight is 455 g/mol. The fourth-order valence-corrected chi connectivity index (χ4v) is 3.41. The molecule has 33 heavy (non-hydrogen) atoms. The van der Waals surface area contributed by atoms with E-state index in [1.165, 1.54) is 27.8 Å². The van der Waals surface area contributed by atoms with Gasteiger partial charge in [-0.1, -0.05) is 43.2 Å². The van der Waals surface area contributed by atoms with Crippen LogP contribution in [-0.4, -0.2) is 22.7 Å². The molecule has 7 nitrogen and oxygen atoms in total. The van der Waals surface area contributed by atoms with Crippen LogP contribution in [0.15, 0.2) is 58.9 Å². The number of pyridine rings is 1. The zero-order valence-electron chi connectivity index (χ0n) is 20.1. The van der Waals surface area contributed by atoms with Crippen molar-refractivity contribution in [3.05, 3.63) is 74.6 Å². The molecule has 0 aliphatic carbocycles. The second-order valence-corrected chi connectivity index (χ2v) is 8.21. The highest BCUT2D eigenvalue weighted by Gasteiger charge is 2.21. The lowest BCUT2D eigenvalue weighted by Crippen LogP contribution is -2.24. The van der Waals surface area contributed by atoms with Crippen molar-refractivity contribution in [3.63, 3.8) is 0 Å². The number of aromatic nitrogens is 1. The van der Waals surface area contributed by atoms with Crippen LogP contribution >= 0.6 is 0 Å². The van der Waals surface area contributed by atoms with Gasteiger partial charge in [0.15, 0.2) is 5.75 Å². The van der Waals surface area contributed by atoms with Crippen molar-refractivity contribution in [2.24, 2.45) is 0 Å². The van der Waals surface area contributed by atoms with Gasteiger partial charge in [0.25, 0.3) is 11.2 Å². The normalized spacial score (nSPS) is 11.3. The largest absolute Gasteiger partial charge is 0.485 e. The van der Waals surface area contributed by atoms with E-state index in [1.807, 2.05) is 19.9 Å². The van der Waals surface area contributed by atoms with Crippen molar-refractivity contribution in [2.45, 2.75) is 59.9 Å². The van der Waals surface area contributed by atoms with Gasteiger partial charge in [0, 0.05) is 24.1 Å². The Morgan fingerprint density at radius 1 is 1.15 bits per heavy atom. The molecule has 0 saturated carbocycles. The fraction of sp³-hybridized carbons (Fsp3) is 0.423. The van der Waals surface area contributed by atoms with Crippen molar-refractivity contribution in [1.29, 1.82) is 0 Å². The Labute approximate surface area is 195 Å². The summed E-state index contributed by atoms with van der Waals surface area (Å²) in [4.78, 5) is 24.2. The number of aryl methyl sites for hydroxylation is 1. The van der Waals surface area contributed by atoms with Gasteiger partial charge in [0.1, 0.15) is 13.2 Å². The molecule has 1 aromatic carbocycles. The number of rotatable bonds is 13. The summed E-state index contributed by atoms with van der Waals surface area (Å²) in [5.74, 6) is 0.399. The number of non-ortho nitro benzene ring substituents is 1. The third kappa shape index (κ3) is 7.07. The smallest absolute Gasteiger partial charge is 0.297 e. The summed E-state index contributed by atoms with van der Waals surface area (Å²) in [6, 6.07) is 4.47. The molecule has 0 amide bonds.